The quantitative estimate of drug-likeness (QED) is 0.702. The predicted octanol–water partition coefficient (Wildman–Crippen LogP) is 3.90. The van der Waals surface area contributed by atoms with Gasteiger partial charge in [0.2, 0.25) is 0 Å². The molecule has 1 aromatic heterocycles. The van der Waals surface area contributed by atoms with Crippen LogP contribution in [0.2, 0.25) is 0 Å². The summed E-state index contributed by atoms with van der Waals surface area (Å²) in [6, 6.07) is 7.61. The number of hydrogen-bond acceptors (Lipinski definition) is 7. The van der Waals surface area contributed by atoms with Crippen molar-refractivity contribution in [2.75, 3.05) is 10.6 Å². The van der Waals surface area contributed by atoms with E-state index in [1.165, 1.54) is 12.1 Å². The predicted molar refractivity (Wildman–Crippen MR) is 106 cm³/mol. The van der Waals surface area contributed by atoms with Crippen molar-refractivity contribution in [1.29, 1.82) is 0 Å². The van der Waals surface area contributed by atoms with Crippen LogP contribution in [0.15, 0.2) is 34.9 Å². The molecule has 0 saturated heterocycles. The molecular weight excluding hydrogens is 378 g/mol. The van der Waals surface area contributed by atoms with Gasteiger partial charge in [-0.15, -0.1) is 0 Å². The highest BCUT2D eigenvalue weighted by Gasteiger charge is 2.23. The van der Waals surface area contributed by atoms with Crippen molar-refractivity contribution in [1.82, 2.24) is 5.16 Å². The van der Waals surface area contributed by atoms with E-state index in [4.69, 9.17) is 14.0 Å². The number of nitrogens with zero attached hydrogens (tertiary/aromatic N) is 1. The van der Waals surface area contributed by atoms with Crippen LogP contribution in [0.1, 0.15) is 50.2 Å². The van der Waals surface area contributed by atoms with Gasteiger partial charge in [-0.05, 0) is 58.4 Å². The lowest BCUT2D eigenvalue weighted by atomic mass is 10.2. The second kappa shape index (κ2) is 9.22. The van der Waals surface area contributed by atoms with Gasteiger partial charge in [0.15, 0.2) is 11.9 Å². The SMILES string of the molecule is CCC(OC(=O)c1ccc(NC(=O)OC(C)(C)C)cc1)C(=O)Nc1cc(C)on1. The van der Waals surface area contributed by atoms with Crippen LogP contribution in [0, 0.1) is 6.92 Å². The van der Waals surface area contributed by atoms with Crippen molar-refractivity contribution < 1.29 is 28.4 Å². The number of aromatic nitrogens is 1. The van der Waals surface area contributed by atoms with Crippen molar-refractivity contribution >= 4 is 29.5 Å². The maximum atomic E-state index is 12.3. The van der Waals surface area contributed by atoms with Crippen LogP contribution in [-0.4, -0.2) is 34.8 Å². The molecule has 2 N–H and O–H groups in total. The van der Waals surface area contributed by atoms with E-state index < -0.39 is 29.7 Å². The van der Waals surface area contributed by atoms with Gasteiger partial charge in [-0.3, -0.25) is 10.1 Å². The number of rotatable bonds is 6. The first kappa shape index (κ1) is 21.9. The third-order valence-electron chi connectivity index (χ3n) is 3.56. The minimum absolute atomic E-state index is 0.239. The molecule has 0 aliphatic carbocycles. The molecule has 1 unspecified atom stereocenters. The van der Waals surface area contributed by atoms with Gasteiger partial charge < -0.3 is 19.3 Å². The van der Waals surface area contributed by atoms with Gasteiger partial charge in [-0.25, -0.2) is 9.59 Å². The van der Waals surface area contributed by atoms with Gasteiger partial charge in [-0.2, -0.15) is 0 Å². The summed E-state index contributed by atoms with van der Waals surface area (Å²) in [5.74, 6) is -0.366. The normalized spacial score (nSPS) is 12.0. The monoisotopic (exact) mass is 403 g/mol. The number of amides is 2. The van der Waals surface area contributed by atoms with Gasteiger partial charge in [-0.1, -0.05) is 12.1 Å². The Morgan fingerprint density at radius 3 is 2.31 bits per heavy atom. The fraction of sp³-hybridized carbons (Fsp3) is 0.400. The van der Waals surface area contributed by atoms with Crippen LogP contribution in [0.5, 0.6) is 0 Å². The Morgan fingerprint density at radius 2 is 1.79 bits per heavy atom. The van der Waals surface area contributed by atoms with Crippen molar-refractivity contribution in [3.8, 4) is 0 Å². The molecule has 0 fully saturated rings. The highest BCUT2D eigenvalue weighted by Crippen LogP contribution is 2.15. The van der Waals surface area contributed by atoms with Crippen molar-refractivity contribution in [2.24, 2.45) is 0 Å². The average molecular weight is 403 g/mol. The van der Waals surface area contributed by atoms with E-state index in [1.54, 1.807) is 52.8 Å². The van der Waals surface area contributed by atoms with E-state index >= 15 is 0 Å². The van der Waals surface area contributed by atoms with Crippen LogP contribution >= 0.6 is 0 Å². The molecule has 156 valence electrons. The summed E-state index contributed by atoms with van der Waals surface area (Å²) >= 11 is 0. The third kappa shape index (κ3) is 6.95. The molecule has 9 nitrogen and oxygen atoms in total. The van der Waals surface area contributed by atoms with Crippen molar-refractivity contribution in [2.45, 2.75) is 52.7 Å². The van der Waals surface area contributed by atoms with Crippen LogP contribution < -0.4 is 10.6 Å². The molecule has 0 saturated carbocycles. The number of esters is 1. The average Bonchev–Trinajstić information content (AvgIpc) is 3.03. The maximum Gasteiger partial charge on any atom is 0.412 e. The zero-order valence-electron chi connectivity index (χ0n) is 17.1. The number of aryl methyl sites for hydroxylation is 1. The highest BCUT2D eigenvalue weighted by molar-refractivity contribution is 5.97. The number of benzene rings is 1. The smallest absolute Gasteiger partial charge is 0.412 e. The summed E-state index contributed by atoms with van der Waals surface area (Å²) in [7, 11) is 0. The Kier molecular flexibility index (Phi) is 6.98. The zero-order chi connectivity index (χ0) is 21.6. The number of hydrogen-bond donors (Lipinski definition) is 2. The van der Waals surface area contributed by atoms with Crippen molar-refractivity contribution in [3.63, 3.8) is 0 Å². The molecule has 0 radical (unpaired) electrons. The van der Waals surface area contributed by atoms with Crippen LogP contribution in [0.4, 0.5) is 16.3 Å². The molecule has 1 atom stereocenters. The first-order valence-corrected chi connectivity index (χ1v) is 9.12. The van der Waals surface area contributed by atoms with Gasteiger partial charge in [0.1, 0.15) is 11.4 Å². The van der Waals surface area contributed by atoms with Crippen molar-refractivity contribution in [3.05, 3.63) is 41.7 Å². The van der Waals surface area contributed by atoms with E-state index in [2.05, 4.69) is 15.8 Å². The lowest BCUT2D eigenvalue weighted by Crippen LogP contribution is -2.32. The molecule has 0 spiro atoms. The molecule has 0 bridgehead atoms. The molecule has 1 aromatic carbocycles. The number of carbonyl (C=O) groups is 3. The molecular formula is C20H25N3O6. The molecule has 29 heavy (non-hydrogen) atoms. The first-order chi connectivity index (χ1) is 13.6. The Balaban J connectivity index is 1.94. The van der Waals surface area contributed by atoms with Gasteiger partial charge in [0, 0.05) is 11.8 Å². The fourth-order valence-corrected chi connectivity index (χ4v) is 2.26. The fourth-order valence-electron chi connectivity index (χ4n) is 2.26. The first-order valence-electron chi connectivity index (χ1n) is 9.12. The van der Waals surface area contributed by atoms with E-state index in [1.807, 2.05) is 0 Å². The second-order valence-electron chi connectivity index (χ2n) is 7.32. The van der Waals surface area contributed by atoms with Gasteiger partial charge >= 0.3 is 12.1 Å². The maximum absolute atomic E-state index is 12.3. The van der Waals surface area contributed by atoms with Crippen LogP contribution in [0.25, 0.3) is 0 Å². The van der Waals surface area contributed by atoms with Crippen LogP contribution in [-0.2, 0) is 14.3 Å². The third-order valence-corrected chi connectivity index (χ3v) is 3.56. The number of nitrogens with one attached hydrogen (secondary N) is 2. The van der Waals surface area contributed by atoms with Gasteiger partial charge in [0.05, 0.1) is 5.56 Å². The van der Waals surface area contributed by atoms with E-state index in [9.17, 15) is 14.4 Å². The number of anilines is 2. The molecule has 1 heterocycles. The summed E-state index contributed by atoms with van der Waals surface area (Å²) in [6.45, 7) is 8.70. The van der Waals surface area contributed by atoms with Crippen LogP contribution in [0.3, 0.4) is 0 Å². The van der Waals surface area contributed by atoms with E-state index in [-0.39, 0.29) is 17.8 Å². The second-order valence-corrected chi connectivity index (χ2v) is 7.32. The molecule has 2 rings (SSSR count). The Hall–Kier alpha value is -3.36. The topological polar surface area (TPSA) is 120 Å². The summed E-state index contributed by atoms with van der Waals surface area (Å²) in [6.07, 6.45) is -1.30. The number of ether oxygens (including phenoxy) is 2. The molecule has 2 amide bonds. The highest BCUT2D eigenvalue weighted by atomic mass is 16.6. The summed E-state index contributed by atoms with van der Waals surface area (Å²) in [5.41, 5.74) is 0.0825. The molecule has 2 aromatic rings. The molecule has 0 aliphatic rings. The lowest BCUT2D eigenvalue weighted by molar-refractivity contribution is -0.124. The Bertz CT molecular complexity index is 867. The minimum atomic E-state index is -0.987. The lowest BCUT2D eigenvalue weighted by Gasteiger charge is -2.19. The summed E-state index contributed by atoms with van der Waals surface area (Å²) in [4.78, 5) is 36.4. The standard InChI is InChI=1S/C20H25N3O6/c1-6-15(17(24)22-16-11-12(2)29-23-16)27-18(25)13-7-9-14(10-8-13)21-19(26)28-20(3,4)5/h7-11,15H,6H2,1-5H3,(H,21,26)(H,22,23,24). The Labute approximate surface area is 168 Å². The minimum Gasteiger partial charge on any atom is -0.449 e. The largest absolute Gasteiger partial charge is 0.449 e. The summed E-state index contributed by atoms with van der Waals surface area (Å²) < 4.78 is 15.3. The van der Waals surface area contributed by atoms with E-state index in [0.717, 1.165) is 0 Å². The van der Waals surface area contributed by atoms with E-state index in [0.29, 0.717) is 11.4 Å². The molecule has 0 aliphatic heterocycles. The summed E-state index contributed by atoms with van der Waals surface area (Å²) in [5, 5.41) is 8.78. The zero-order valence-corrected chi connectivity index (χ0v) is 17.1. The number of carbonyl (C=O) groups excluding carboxylic acids is 3. The Morgan fingerprint density at radius 1 is 1.14 bits per heavy atom. The molecule has 9 heteroatoms. The van der Waals surface area contributed by atoms with Gasteiger partial charge in [0.25, 0.3) is 5.91 Å².